The Bertz CT molecular complexity index is 301. The number of hydrogen-bond acceptors (Lipinski definition) is 5. The molecule has 114 valence electrons. The molecule has 0 amide bonds. The molecule has 2 atom stereocenters. The van der Waals surface area contributed by atoms with Gasteiger partial charge in [0.15, 0.2) is 6.10 Å². The Morgan fingerprint density at radius 3 is 2.25 bits per heavy atom. The molecule has 0 aliphatic heterocycles. The van der Waals surface area contributed by atoms with Crippen LogP contribution in [0.3, 0.4) is 0 Å². The van der Waals surface area contributed by atoms with E-state index in [-0.39, 0.29) is 19.3 Å². The van der Waals surface area contributed by atoms with Gasteiger partial charge in [0.05, 0.1) is 32.5 Å². The van der Waals surface area contributed by atoms with Crippen LogP contribution >= 0.6 is 0 Å². The maximum atomic E-state index is 11.6. The van der Waals surface area contributed by atoms with Crippen LogP contribution in [0.2, 0.25) is 0 Å². The van der Waals surface area contributed by atoms with E-state index in [1.54, 1.807) is 18.2 Å². The minimum Gasteiger partial charge on any atom is -0.455 e. The molecule has 0 aromatic carbocycles. The van der Waals surface area contributed by atoms with Gasteiger partial charge >= 0.3 is 5.97 Å². The standard InChI is InChI=1S/C15H24O5/c1-5-8-17-11-14(13(4)19-10-7-3)20-15(16)12-18-9-6-2/h5-7,13-14H,1-3,8-12H2,4H3/t13-,14+/m0/s1. The summed E-state index contributed by atoms with van der Waals surface area (Å²) < 4.78 is 21.1. The fourth-order valence-electron chi connectivity index (χ4n) is 1.29. The van der Waals surface area contributed by atoms with E-state index in [4.69, 9.17) is 18.9 Å². The molecule has 0 aliphatic carbocycles. The molecule has 20 heavy (non-hydrogen) atoms. The summed E-state index contributed by atoms with van der Waals surface area (Å²) in [5.74, 6) is -0.465. The maximum absolute atomic E-state index is 11.6. The quantitative estimate of drug-likeness (QED) is 0.294. The van der Waals surface area contributed by atoms with Crippen LogP contribution in [0.4, 0.5) is 0 Å². The molecule has 5 nitrogen and oxygen atoms in total. The second-order valence-corrected chi connectivity index (χ2v) is 3.99. The second kappa shape index (κ2) is 12.6. The van der Waals surface area contributed by atoms with Crippen molar-refractivity contribution < 1.29 is 23.7 Å². The molecule has 0 rings (SSSR count). The Hall–Kier alpha value is -1.43. The molecule has 0 heterocycles. The number of carbonyl (C=O) groups is 1. The van der Waals surface area contributed by atoms with Crippen LogP contribution in [0.5, 0.6) is 0 Å². The van der Waals surface area contributed by atoms with Gasteiger partial charge in [0.25, 0.3) is 0 Å². The van der Waals surface area contributed by atoms with E-state index in [0.29, 0.717) is 19.8 Å². The van der Waals surface area contributed by atoms with Crippen molar-refractivity contribution in [1.82, 2.24) is 0 Å². The summed E-state index contributed by atoms with van der Waals surface area (Å²) >= 11 is 0. The summed E-state index contributed by atoms with van der Waals surface area (Å²) in [6.45, 7) is 13.6. The minimum atomic E-state index is -0.505. The third kappa shape index (κ3) is 9.49. The number of rotatable bonds is 13. The Labute approximate surface area is 120 Å². The molecule has 5 heteroatoms. The average Bonchev–Trinajstić information content (AvgIpc) is 2.44. The van der Waals surface area contributed by atoms with Crippen molar-refractivity contribution in [2.45, 2.75) is 19.1 Å². The van der Waals surface area contributed by atoms with Gasteiger partial charge in [-0.25, -0.2) is 4.79 Å². The van der Waals surface area contributed by atoms with Crippen molar-refractivity contribution >= 4 is 5.97 Å². The predicted molar refractivity (Wildman–Crippen MR) is 77.5 cm³/mol. The smallest absolute Gasteiger partial charge is 0.332 e. The van der Waals surface area contributed by atoms with Crippen LogP contribution in [0, 0.1) is 0 Å². The van der Waals surface area contributed by atoms with Crippen molar-refractivity contribution in [3.05, 3.63) is 38.0 Å². The van der Waals surface area contributed by atoms with Gasteiger partial charge in [-0.05, 0) is 6.92 Å². The first-order valence-corrected chi connectivity index (χ1v) is 6.45. The summed E-state index contributed by atoms with van der Waals surface area (Å²) in [6.07, 6.45) is 4.01. The van der Waals surface area contributed by atoms with Gasteiger partial charge in [-0.1, -0.05) is 18.2 Å². The molecule has 0 radical (unpaired) electrons. The molecule has 0 aromatic rings. The zero-order chi connectivity index (χ0) is 15.2. The largest absolute Gasteiger partial charge is 0.455 e. The van der Waals surface area contributed by atoms with Gasteiger partial charge in [0.2, 0.25) is 0 Å². The molecule has 0 bridgehead atoms. The van der Waals surface area contributed by atoms with Crippen LogP contribution in [0.25, 0.3) is 0 Å². The molecular weight excluding hydrogens is 260 g/mol. The molecule has 0 fully saturated rings. The first kappa shape index (κ1) is 18.6. The number of carbonyl (C=O) groups excluding carboxylic acids is 1. The van der Waals surface area contributed by atoms with Crippen molar-refractivity contribution in [3.63, 3.8) is 0 Å². The van der Waals surface area contributed by atoms with Crippen molar-refractivity contribution in [2.24, 2.45) is 0 Å². The van der Waals surface area contributed by atoms with E-state index < -0.39 is 12.1 Å². The molecule has 0 N–H and O–H groups in total. The van der Waals surface area contributed by atoms with Gasteiger partial charge in [-0.2, -0.15) is 0 Å². The summed E-state index contributed by atoms with van der Waals surface area (Å²) in [5, 5.41) is 0. The number of esters is 1. The van der Waals surface area contributed by atoms with Crippen molar-refractivity contribution in [2.75, 3.05) is 33.0 Å². The summed E-state index contributed by atoms with van der Waals surface area (Å²) in [7, 11) is 0. The van der Waals surface area contributed by atoms with Gasteiger partial charge in [-0.3, -0.25) is 0 Å². The third-order valence-electron chi connectivity index (χ3n) is 2.26. The fourth-order valence-corrected chi connectivity index (χ4v) is 1.29. The van der Waals surface area contributed by atoms with Gasteiger partial charge in [0.1, 0.15) is 6.61 Å². The van der Waals surface area contributed by atoms with E-state index in [9.17, 15) is 4.79 Å². The topological polar surface area (TPSA) is 54.0 Å². The fraction of sp³-hybridized carbons (Fsp3) is 0.533. The highest BCUT2D eigenvalue weighted by Gasteiger charge is 2.22. The van der Waals surface area contributed by atoms with Crippen LogP contribution in [0.15, 0.2) is 38.0 Å². The van der Waals surface area contributed by atoms with Gasteiger partial charge < -0.3 is 18.9 Å². The van der Waals surface area contributed by atoms with Crippen LogP contribution in [-0.4, -0.2) is 51.2 Å². The summed E-state index contributed by atoms with van der Waals surface area (Å²) in [4.78, 5) is 11.6. The van der Waals surface area contributed by atoms with Crippen LogP contribution in [-0.2, 0) is 23.7 Å². The summed E-state index contributed by atoms with van der Waals surface area (Å²) in [5.41, 5.74) is 0. The number of ether oxygens (including phenoxy) is 4. The lowest BCUT2D eigenvalue weighted by atomic mass is 10.2. The zero-order valence-electron chi connectivity index (χ0n) is 12.1. The molecule has 0 spiro atoms. The van der Waals surface area contributed by atoms with E-state index in [1.165, 1.54) is 0 Å². The molecule has 0 unspecified atom stereocenters. The van der Waals surface area contributed by atoms with Crippen LogP contribution in [0.1, 0.15) is 6.92 Å². The molecule has 0 aliphatic rings. The monoisotopic (exact) mass is 284 g/mol. The Balaban J connectivity index is 4.26. The number of hydrogen-bond donors (Lipinski definition) is 0. The van der Waals surface area contributed by atoms with Gasteiger partial charge in [-0.15, -0.1) is 19.7 Å². The molecule has 0 saturated heterocycles. The maximum Gasteiger partial charge on any atom is 0.332 e. The lowest BCUT2D eigenvalue weighted by Crippen LogP contribution is -2.36. The Morgan fingerprint density at radius 1 is 1.05 bits per heavy atom. The lowest BCUT2D eigenvalue weighted by molar-refractivity contribution is -0.165. The predicted octanol–water partition coefficient (Wildman–Crippen LogP) is 1.89. The first-order valence-electron chi connectivity index (χ1n) is 6.45. The minimum absolute atomic E-state index is 0.127. The van der Waals surface area contributed by atoms with E-state index >= 15 is 0 Å². The van der Waals surface area contributed by atoms with Crippen LogP contribution < -0.4 is 0 Å². The third-order valence-corrected chi connectivity index (χ3v) is 2.26. The molecule has 0 aromatic heterocycles. The second-order valence-electron chi connectivity index (χ2n) is 3.99. The molecular formula is C15H24O5. The van der Waals surface area contributed by atoms with E-state index in [2.05, 4.69) is 19.7 Å². The zero-order valence-corrected chi connectivity index (χ0v) is 12.1. The lowest BCUT2D eigenvalue weighted by Gasteiger charge is -2.23. The Kier molecular flexibility index (Phi) is 11.7. The highest BCUT2D eigenvalue weighted by atomic mass is 16.6. The normalized spacial score (nSPS) is 13.2. The van der Waals surface area contributed by atoms with Crippen molar-refractivity contribution in [3.8, 4) is 0 Å². The van der Waals surface area contributed by atoms with Crippen molar-refractivity contribution in [1.29, 1.82) is 0 Å². The van der Waals surface area contributed by atoms with E-state index in [0.717, 1.165) is 0 Å². The first-order chi connectivity index (χ1) is 9.65. The Morgan fingerprint density at radius 2 is 1.65 bits per heavy atom. The highest BCUT2D eigenvalue weighted by molar-refractivity contribution is 5.70. The summed E-state index contributed by atoms with van der Waals surface area (Å²) in [6, 6.07) is 0. The van der Waals surface area contributed by atoms with E-state index in [1.807, 2.05) is 6.92 Å². The SMILES string of the molecule is C=CCOCC(=O)O[C@H](COCC=C)[C@H](C)OCC=C. The van der Waals surface area contributed by atoms with Gasteiger partial charge in [0, 0.05) is 0 Å². The molecule has 0 saturated carbocycles. The highest BCUT2D eigenvalue weighted by Crippen LogP contribution is 2.06. The average molecular weight is 284 g/mol.